The molecule has 1 aromatic rings. The molecule has 1 unspecified atom stereocenters. The van der Waals surface area contributed by atoms with E-state index < -0.39 is 17.9 Å². The molecule has 0 aliphatic carbocycles. The van der Waals surface area contributed by atoms with Crippen LogP contribution in [0.15, 0.2) is 16.9 Å². The van der Waals surface area contributed by atoms with Gasteiger partial charge in [0.15, 0.2) is 6.04 Å². The Morgan fingerprint density at radius 2 is 2.22 bits per heavy atom. The van der Waals surface area contributed by atoms with Crippen LogP contribution in [0.25, 0.3) is 0 Å². The van der Waals surface area contributed by atoms with E-state index in [0.29, 0.717) is 0 Å². The number of rotatable bonds is 5. The summed E-state index contributed by atoms with van der Waals surface area (Å²) >= 11 is 0. The Hall–Kier alpha value is -2.22. The second-order valence-electron chi connectivity index (χ2n) is 3.50. The summed E-state index contributed by atoms with van der Waals surface area (Å²) in [5, 5.41) is 14.8. The topological polar surface area (TPSA) is 111 Å². The Morgan fingerprint density at radius 1 is 1.56 bits per heavy atom. The zero-order valence-electron chi connectivity index (χ0n) is 9.91. The van der Waals surface area contributed by atoms with Gasteiger partial charge < -0.3 is 15.2 Å². The molecule has 98 valence electrons. The predicted octanol–water partition coefficient (Wildman–Crippen LogP) is -1.39. The minimum absolute atomic E-state index is 0.0422. The van der Waals surface area contributed by atoms with E-state index in [1.165, 1.54) is 26.3 Å². The normalized spacial score (nSPS) is 11.9. The number of aryl methyl sites for hydroxylation is 1. The van der Waals surface area contributed by atoms with E-state index in [2.05, 4.69) is 15.2 Å². The van der Waals surface area contributed by atoms with Crippen LogP contribution in [0.3, 0.4) is 0 Å². The lowest BCUT2D eigenvalue weighted by atomic mass is 10.3. The number of carbonyl (C=O) groups is 2. The van der Waals surface area contributed by atoms with Gasteiger partial charge in [-0.15, -0.1) is 0 Å². The molecule has 2 N–H and O–H groups in total. The van der Waals surface area contributed by atoms with Crippen molar-refractivity contribution < 1.29 is 19.4 Å². The first kappa shape index (κ1) is 13.8. The number of nitrogens with zero attached hydrogens (tertiary/aromatic N) is 2. The first-order valence-electron chi connectivity index (χ1n) is 5.02. The third-order valence-corrected chi connectivity index (χ3v) is 2.13. The number of hydrogen-bond acceptors (Lipinski definition) is 5. The van der Waals surface area contributed by atoms with Crippen LogP contribution in [0, 0.1) is 0 Å². The van der Waals surface area contributed by atoms with Crippen LogP contribution in [0.5, 0.6) is 0 Å². The van der Waals surface area contributed by atoms with Gasteiger partial charge in [-0.05, 0) is 6.07 Å². The number of aromatic nitrogens is 2. The minimum atomic E-state index is -1.21. The Balaban J connectivity index is 2.83. The summed E-state index contributed by atoms with van der Waals surface area (Å²) in [7, 11) is 2.72. The standard InChI is InChI=1S/C10H13N3O5/c1-13-8(14)4-3-6(12-13)9(15)11-7(5-18-2)10(16)17/h3-4,7H,5H2,1-2H3,(H,11,15)(H,16,17). The van der Waals surface area contributed by atoms with Crippen molar-refractivity contribution in [2.45, 2.75) is 6.04 Å². The van der Waals surface area contributed by atoms with E-state index in [4.69, 9.17) is 5.11 Å². The molecule has 0 saturated heterocycles. The maximum atomic E-state index is 11.7. The van der Waals surface area contributed by atoms with Gasteiger partial charge in [0.1, 0.15) is 5.69 Å². The number of aliphatic carboxylic acids is 1. The molecule has 0 saturated carbocycles. The Bertz CT molecular complexity index is 510. The van der Waals surface area contributed by atoms with Gasteiger partial charge in [0.25, 0.3) is 11.5 Å². The largest absolute Gasteiger partial charge is 0.480 e. The first-order valence-corrected chi connectivity index (χ1v) is 5.02. The quantitative estimate of drug-likeness (QED) is 0.670. The molecular weight excluding hydrogens is 242 g/mol. The van der Waals surface area contributed by atoms with Crippen molar-refractivity contribution in [3.8, 4) is 0 Å². The number of carboxylic acids is 1. The van der Waals surface area contributed by atoms with E-state index in [1.807, 2.05) is 0 Å². The van der Waals surface area contributed by atoms with E-state index >= 15 is 0 Å². The maximum absolute atomic E-state index is 11.7. The fourth-order valence-corrected chi connectivity index (χ4v) is 1.20. The maximum Gasteiger partial charge on any atom is 0.328 e. The summed E-state index contributed by atoms with van der Waals surface area (Å²) in [4.78, 5) is 33.6. The molecule has 0 aliphatic rings. The lowest BCUT2D eigenvalue weighted by Gasteiger charge is -2.13. The van der Waals surface area contributed by atoms with Crippen molar-refractivity contribution in [1.29, 1.82) is 0 Å². The van der Waals surface area contributed by atoms with Crippen LogP contribution >= 0.6 is 0 Å². The van der Waals surface area contributed by atoms with Gasteiger partial charge in [-0.2, -0.15) is 5.10 Å². The smallest absolute Gasteiger partial charge is 0.328 e. The number of hydrogen-bond donors (Lipinski definition) is 2. The van der Waals surface area contributed by atoms with Crippen LogP contribution in [0.4, 0.5) is 0 Å². The van der Waals surface area contributed by atoms with E-state index in [9.17, 15) is 14.4 Å². The highest BCUT2D eigenvalue weighted by Gasteiger charge is 2.21. The highest BCUT2D eigenvalue weighted by Crippen LogP contribution is 1.93. The molecule has 1 rings (SSSR count). The fourth-order valence-electron chi connectivity index (χ4n) is 1.20. The average Bonchev–Trinajstić information content (AvgIpc) is 2.31. The van der Waals surface area contributed by atoms with Crippen LogP contribution in [-0.2, 0) is 16.6 Å². The number of amides is 1. The molecule has 8 nitrogen and oxygen atoms in total. The molecule has 0 radical (unpaired) electrons. The monoisotopic (exact) mass is 255 g/mol. The minimum Gasteiger partial charge on any atom is -0.480 e. The molecule has 1 atom stereocenters. The van der Waals surface area contributed by atoms with Crippen molar-refractivity contribution in [1.82, 2.24) is 15.1 Å². The predicted molar refractivity (Wildman–Crippen MR) is 60.2 cm³/mol. The molecule has 0 fully saturated rings. The van der Waals surface area contributed by atoms with Crippen LogP contribution in [0.2, 0.25) is 0 Å². The van der Waals surface area contributed by atoms with Crippen molar-refractivity contribution in [2.24, 2.45) is 7.05 Å². The number of ether oxygens (including phenoxy) is 1. The number of methoxy groups -OCH3 is 1. The Morgan fingerprint density at radius 3 is 2.72 bits per heavy atom. The summed E-state index contributed by atoms with van der Waals surface area (Å²) in [5.41, 5.74) is -0.405. The first-order chi connectivity index (χ1) is 8.45. The molecule has 18 heavy (non-hydrogen) atoms. The van der Waals surface area contributed by atoms with Crippen molar-refractivity contribution in [3.63, 3.8) is 0 Å². The molecule has 0 bridgehead atoms. The van der Waals surface area contributed by atoms with Gasteiger partial charge >= 0.3 is 5.97 Å². The van der Waals surface area contributed by atoms with Gasteiger partial charge in [0, 0.05) is 20.2 Å². The van der Waals surface area contributed by atoms with Gasteiger partial charge in [-0.3, -0.25) is 9.59 Å². The van der Waals surface area contributed by atoms with E-state index in [1.54, 1.807) is 0 Å². The highest BCUT2D eigenvalue weighted by molar-refractivity contribution is 5.94. The highest BCUT2D eigenvalue weighted by atomic mass is 16.5. The molecule has 1 amide bonds. The third-order valence-electron chi connectivity index (χ3n) is 2.13. The second kappa shape index (κ2) is 5.92. The molecule has 0 aromatic carbocycles. The second-order valence-corrected chi connectivity index (χ2v) is 3.50. The van der Waals surface area contributed by atoms with Crippen LogP contribution < -0.4 is 10.9 Å². The zero-order chi connectivity index (χ0) is 13.7. The van der Waals surface area contributed by atoms with E-state index in [0.717, 1.165) is 4.68 Å². The summed E-state index contributed by atoms with van der Waals surface area (Å²) in [5.74, 6) is -1.90. The molecule has 1 aromatic heterocycles. The summed E-state index contributed by atoms with van der Waals surface area (Å²) in [6, 6.07) is 1.23. The number of carboxylic acid groups (broad SMARTS) is 1. The summed E-state index contributed by atoms with van der Waals surface area (Å²) < 4.78 is 5.66. The van der Waals surface area contributed by atoms with Crippen molar-refractivity contribution in [3.05, 3.63) is 28.2 Å². The van der Waals surface area contributed by atoms with Gasteiger partial charge in [-0.25, -0.2) is 9.48 Å². The van der Waals surface area contributed by atoms with Crippen molar-refractivity contribution in [2.75, 3.05) is 13.7 Å². The molecule has 0 aliphatic heterocycles. The fraction of sp³-hybridized carbons (Fsp3) is 0.400. The lowest BCUT2D eigenvalue weighted by Crippen LogP contribution is -2.44. The zero-order valence-corrected chi connectivity index (χ0v) is 9.91. The van der Waals surface area contributed by atoms with Gasteiger partial charge in [0.05, 0.1) is 6.61 Å². The molecule has 8 heteroatoms. The number of carbonyl (C=O) groups excluding carboxylic acids is 1. The van der Waals surface area contributed by atoms with Crippen molar-refractivity contribution >= 4 is 11.9 Å². The van der Waals surface area contributed by atoms with E-state index in [-0.39, 0.29) is 17.9 Å². The molecular formula is C10H13N3O5. The number of nitrogens with one attached hydrogen (secondary N) is 1. The summed E-state index contributed by atoms with van der Waals surface area (Å²) in [6.45, 7) is -0.160. The summed E-state index contributed by atoms with van der Waals surface area (Å²) in [6.07, 6.45) is 0. The lowest BCUT2D eigenvalue weighted by molar-refractivity contribution is -0.140. The molecule has 0 spiro atoms. The van der Waals surface area contributed by atoms with Crippen LogP contribution in [-0.4, -0.2) is 46.5 Å². The SMILES string of the molecule is COCC(NC(=O)c1ccc(=O)n(C)n1)C(=O)O. The third kappa shape index (κ3) is 3.39. The molecule has 1 heterocycles. The van der Waals surface area contributed by atoms with Gasteiger partial charge in [0.2, 0.25) is 0 Å². The average molecular weight is 255 g/mol. The Kier molecular flexibility index (Phi) is 4.55. The Labute approximate surface area is 102 Å². The van der Waals surface area contributed by atoms with Crippen LogP contribution in [0.1, 0.15) is 10.5 Å². The van der Waals surface area contributed by atoms with Gasteiger partial charge in [-0.1, -0.05) is 0 Å².